The molecule has 0 aromatic heterocycles. The van der Waals surface area contributed by atoms with Crippen molar-refractivity contribution in [2.24, 2.45) is 0 Å². The molecule has 0 unspecified atom stereocenters. The van der Waals surface area contributed by atoms with Crippen molar-refractivity contribution in [3.8, 4) is 10.8 Å². The summed E-state index contributed by atoms with van der Waals surface area (Å²) in [6.45, 7) is 3.79. The second kappa shape index (κ2) is 3.37. The summed E-state index contributed by atoms with van der Waals surface area (Å²) in [5.41, 5.74) is 0. The zero-order valence-corrected chi connectivity index (χ0v) is 6.53. The van der Waals surface area contributed by atoms with Crippen LogP contribution in [0, 0.1) is 21.3 Å². The number of rotatable bonds is 2. The first-order valence-corrected chi connectivity index (χ1v) is 4.82. The molecule has 0 rings (SSSR count). The van der Waals surface area contributed by atoms with Crippen LogP contribution in [-0.2, 0) is 0 Å². The Balaban J connectivity index is 4.28. The van der Waals surface area contributed by atoms with Gasteiger partial charge in [0.1, 0.15) is 10.8 Å². The monoisotopic (exact) mass is 142 g/mol. The molecule has 9 heavy (non-hydrogen) atoms. The van der Waals surface area contributed by atoms with Gasteiger partial charge in [-0.15, -0.1) is 0 Å². The topological polar surface area (TPSA) is 47.6 Å². The molecule has 0 aliphatic rings. The van der Waals surface area contributed by atoms with Crippen LogP contribution in [0.5, 0.6) is 0 Å². The minimum Gasteiger partial charge on any atom is -0.186 e. The fraction of sp³-hybridized carbons (Fsp3) is 0.667. The molecule has 3 heteroatoms. The van der Waals surface area contributed by atoms with Gasteiger partial charge in [0.15, 0.2) is 0 Å². The molecule has 0 aliphatic heterocycles. The lowest BCUT2D eigenvalue weighted by molar-refractivity contribution is 1.41. The summed E-state index contributed by atoms with van der Waals surface area (Å²) in [5.74, 6) is 1.41. The molecule has 0 fully saturated rings. The predicted octanol–water partition coefficient (Wildman–Crippen LogP) is 1.79. The molecule has 0 heterocycles. The van der Waals surface area contributed by atoms with E-state index in [2.05, 4.69) is 10.8 Å². The van der Waals surface area contributed by atoms with Crippen LogP contribution < -0.4 is 0 Å². The smallest absolute Gasteiger partial charge is 0.126 e. The van der Waals surface area contributed by atoms with E-state index in [1.54, 1.807) is 0 Å². The largest absolute Gasteiger partial charge is 0.186 e. The molecule has 0 amide bonds. The van der Waals surface area contributed by atoms with Gasteiger partial charge >= 0.3 is 0 Å². The molecule has 50 valence electrons. The normalized spacial score (nSPS) is 11.6. The number of nitriles is 2. The molecule has 0 spiro atoms. The van der Waals surface area contributed by atoms with Gasteiger partial charge in [-0.1, -0.05) is 23.9 Å². The zero-order valence-electron chi connectivity index (χ0n) is 5.72. The first-order chi connectivity index (χ1) is 4.24. The van der Waals surface area contributed by atoms with Crippen molar-refractivity contribution in [3.05, 3.63) is 0 Å². The van der Waals surface area contributed by atoms with E-state index in [4.69, 9.17) is 10.5 Å². The van der Waals surface area contributed by atoms with E-state index >= 15 is 0 Å². The third-order valence-electron chi connectivity index (χ3n) is 1.34. The van der Waals surface area contributed by atoms with E-state index < -0.39 is 10.0 Å². The summed E-state index contributed by atoms with van der Waals surface area (Å²) in [4.78, 5) is 0. The van der Waals surface area contributed by atoms with Crippen molar-refractivity contribution in [1.29, 1.82) is 10.5 Å². The van der Waals surface area contributed by atoms with Gasteiger partial charge in [-0.2, -0.15) is 10.5 Å². The summed E-state index contributed by atoms with van der Waals surface area (Å²) in [6.07, 6.45) is 0. The number of thiocyanates is 2. The summed E-state index contributed by atoms with van der Waals surface area (Å²) in [7, 11) is -1.54. The lowest BCUT2D eigenvalue weighted by Gasteiger charge is -2.17. The van der Waals surface area contributed by atoms with Gasteiger partial charge in [0.2, 0.25) is 0 Å². The van der Waals surface area contributed by atoms with Crippen molar-refractivity contribution >= 4 is 10.0 Å². The van der Waals surface area contributed by atoms with Crippen LogP contribution in [0.1, 0.15) is 13.8 Å². The zero-order chi connectivity index (χ0) is 7.33. The third-order valence-corrected chi connectivity index (χ3v) is 4.01. The fourth-order valence-corrected chi connectivity index (χ4v) is 1.45. The SMILES string of the molecule is CCS(C#N)(C#N)CC. The molecule has 0 radical (unpaired) electrons. The second-order valence-corrected chi connectivity index (χ2v) is 4.93. The van der Waals surface area contributed by atoms with Crippen LogP contribution in [-0.4, -0.2) is 11.5 Å². The van der Waals surface area contributed by atoms with Crippen molar-refractivity contribution in [2.45, 2.75) is 13.8 Å². The number of hydrogen-bond donors (Lipinski definition) is 0. The molecule has 0 aromatic carbocycles. The molecule has 0 N–H and O–H groups in total. The summed E-state index contributed by atoms with van der Waals surface area (Å²) >= 11 is 0. The number of hydrogen-bond acceptors (Lipinski definition) is 2. The van der Waals surface area contributed by atoms with E-state index in [-0.39, 0.29) is 0 Å². The van der Waals surface area contributed by atoms with Crippen LogP contribution >= 0.6 is 10.0 Å². The van der Waals surface area contributed by atoms with Crippen molar-refractivity contribution in [3.63, 3.8) is 0 Å². The van der Waals surface area contributed by atoms with E-state index in [0.717, 1.165) is 0 Å². The first kappa shape index (κ1) is 8.33. The molecule has 0 bridgehead atoms. The molecular weight excluding hydrogens is 132 g/mol. The molecule has 0 aromatic rings. The molecule has 2 nitrogen and oxygen atoms in total. The molecule has 0 saturated heterocycles. The van der Waals surface area contributed by atoms with E-state index in [1.807, 2.05) is 13.8 Å². The Kier molecular flexibility index (Phi) is 3.12. The van der Waals surface area contributed by atoms with Gasteiger partial charge in [0.05, 0.1) is 0 Å². The molecule has 0 atom stereocenters. The van der Waals surface area contributed by atoms with Gasteiger partial charge in [0.25, 0.3) is 0 Å². The number of nitrogens with zero attached hydrogens (tertiary/aromatic N) is 2. The first-order valence-electron chi connectivity index (χ1n) is 2.85. The average molecular weight is 142 g/mol. The highest BCUT2D eigenvalue weighted by Gasteiger charge is 2.17. The Hall–Kier alpha value is -0.670. The van der Waals surface area contributed by atoms with E-state index in [1.165, 1.54) is 0 Å². The maximum absolute atomic E-state index is 8.54. The molecular formula is C6H10N2S. The highest BCUT2D eigenvalue weighted by Crippen LogP contribution is 2.43. The Morgan fingerprint density at radius 3 is 1.44 bits per heavy atom. The standard InChI is InChI=1S/C6H10N2S/c1-3-9(4-2,5-7)6-8/h3-4H2,1-2H3. The second-order valence-electron chi connectivity index (χ2n) is 1.64. The summed E-state index contributed by atoms with van der Waals surface area (Å²) < 4.78 is 0. The minimum absolute atomic E-state index is 0.705. The lowest BCUT2D eigenvalue weighted by Crippen LogP contribution is -1.98. The van der Waals surface area contributed by atoms with Crippen molar-refractivity contribution in [1.82, 2.24) is 0 Å². The maximum Gasteiger partial charge on any atom is 0.126 e. The van der Waals surface area contributed by atoms with Crippen LogP contribution in [0.4, 0.5) is 0 Å². The Bertz CT molecular complexity index is 143. The molecule has 0 aliphatic carbocycles. The minimum atomic E-state index is -1.54. The average Bonchev–Trinajstić information content (AvgIpc) is 1.95. The van der Waals surface area contributed by atoms with Gasteiger partial charge < -0.3 is 0 Å². The highest BCUT2D eigenvalue weighted by molar-refractivity contribution is 8.40. The quantitative estimate of drug-likeness (QED) is 0.552. The predicted molar refractivity (Wildman–Crippen MR) is 39.9 cm³/mol. The van der Waals surface area contributed by atoms with Crippen LogP contribution in [0.2, 0.25) is 0 Å². The van der Waals surface area contributed by atoms with Crippen molar-refractivity contribution in [2.75, 3.05) is 11.5 Å². The Labute approximate surface area is 57.4 Å². The van der Waals surface area contributed by atoms with Gasteiger partial charge in [-0.3, -0.25) is 0 Å². The van der Waals surface area contributed by atoms with Gasteiger partial charge in [-0.25, -0.2) is 0 Å². The van der Waals surface area contributed by atoms with Crippen LogP contribution in [0.15, 0.2) is 0 Å². The van der Waals surface area contributed by atoms with Gasteiger partial charge in [-0.05, 0) is 11.5 Å². The highest BCUT2D eigenvalue weighted by atomic mass is 32.3. The Morgan fingerprint density at radius 1 is 1.11 bits per heavy atom. The summed E-state index contributed by atoms with van der Waals surface area (Å²) in [6, 6.07) is 0. The summed E-state index contributed by atoms with van der Waals surface area (Å²) in [5, 5.41) is 21.3. The third kappa shape index (κ3) is 1.62. The maximum atomic E-state index is 8.54. The van der Waals surface area contributed by atoms with Gasteiger partial charge in [0, 0.05) is 0 Å². The molecule has 0 saturated carbocycles. The fourth-order valence-electron chi connectivity index (χ4n) is 0.483. The van der Waals surface area contributed by atoms with Crippen molar-refractivity contribution < 1.29 is 0 Å². The van der Waals surface area contributed by atoms with Crippen LogP contribution in [0.25, 0.3) is 0 Å². The van der Waals surface area contributed by atoms with Crippen LogP contribution in [0.3, 0.4) is 0 Å². The lowest BCUT2D eigenvalue weighted by atomic mass is 11.0. The Morgan fingerprint density at radius 2 is 1.44 bits per heavy atom. The van der Waals surface area contributed by atoms with E-state index in [9.17, 15) is 0 Å². The van der Waals surface area contributed by atoms with E-state index in [0.29, 0.717) is 11.5 Å².